The third kappa shape index (κ3) is 3.98. The number of H-pyrrole nitrogens is 1. The quantitative estimate of drug-likeness (QED) is 0.424. The van der Waals surface area contributed by atoms with Crippen LogP contribution < -0.4 is 5.32 Å². The smallest absolute Gasteiger partial charge is 0.230 e. The number of nitrogens with one attached hydrogen (secondary N) is 2. The molecule has 152 valence electrons. The van der Waals surface area contributed by atoms with Crippen LogP contribution in [-0.2, 0) is 11.2 Å². The largest absolute Gasteiger partial charge is 0.361 e. The summed E-state index contributed by atoms with van der Waals surface area (Å²) in [4.78, 5) is 15.7. The number of hydrogen-bond donors (Lipinski definition) is 2. The molecule has 6 nitrogen and oxygen atoms in total. The van der Waals surface area contributed by atoms with Crippen LogP contribution in [0.25, 0.3) is 16.6 Å². The highest BCUT2D eigenvalue weighted by molar-refractivity contribution is 7.99. The zero-order chi connectivity index (χ0) is 20.3. The molecule has 30 heavy (non-hydrogen) atoms. The zero-order valence-corrected chi connectivity index (χ0v) is 17.4. The first-order valence-corrected chi connectivity index (χ1v) is 11.2. The van der Waals surface area contributed by atoms with Gasteiger partial charge in [0.15, 0.2) is 5.16 Å². The van der Waals surface area contributed by atoms with Crippen molar-refractivity contribution < 1.29 is 4.79 Å². The molecule has 2 heterocycles. The molecule has 2 aromatic carbocycles. The van der Waals surface area contributed by atoms with Gasteiger partial charge in [-0.3, -0.25) is 9.36 Å². The highest BCUT2D eigenvalue weighted by Crippen LogP contribution is 2.41. The van der Waals surface area contributed by atoms with Crippen molar-refractivity contribution in [3.05, 3.63) is 72.2 Å². The zero-order valence-electron chi connectivity index (χ0n) is 16.5. The molecule has 0 aliphatic heterocycles. The van der Waals surface area contributed by atoms with Gasteiger partial charge in [-0.15, -0.1) is 10.2 Å². The number of hydrogen-bond acceptors (Lipinski definition) is 4. The van der Waals surface area contributed by atoms with Gasteiger partial charge in [-0.25, -0.2) is 0 Å². The molecule has 1 amide bonds. The maximum absolute atomic E-state index is 12.4. The molecule has 1 aliphatic rings. The highest BCUT2D eigenvalue weighted by atomic mass is 32.2. The summed E-state index contributed by atoms with van der Waals surface area (Å²) in [5.74, 6) is 1.82. The Labute approximate surface area is 179 Å². The predicted molar refractivity (Wildman–Crippen MR) is 119 cm³/mol. The lowest BCUT2D eigenvalue weighted by atomic mass is 10.1. The lowest BCUT2D eigenvalue weighted by molar-refractivity contribution is -0.118. The fraction of sp³-hybridized carbons (Fsp3) is 0.261. The van der Waals surface area contributed by atoms with Gasteiger partial charge in [0.2, 0.25) is 5.91 Å². The van der Waals surface area contributed by atoms with Crippen molar-refractivity contribution in [1.82, 2.24) is 25.1 Å². The topological polar surface area (TPSA) is 75.6 Å². The Balaban J connectivity index is 1.20. The number of benzene rings is 2. The van der Waals surface area contributed by atoms with Crippen molar-refractivity contribution in [3.8, 4) is 5.69 Å². The van der Waals surface area contributed by atoms with E-state index < -0.39 is 0 Å². The van der Waals surface area contributed by atoms with Crippen molar-refractivity contribution in [2.75, 3.05) is 12.3 Å². The lowest BCUT2D eigenvalue weighted by Gasteiger charge is -2.10. The summed E-state index contributed by atoms with van der Waals surface area (Å²) in [6.45, 7) is 0.611. The Morgan fingerprint density at radius 2 is 1.90 bits per heavy atom. The molecule has 4 aromatic rings. The Morgan fingerprint density at radius 1 is 1.10 bits per heavy atom. The minimum Gasteiger partial charge on any atom is -0.361 e. The standard InChI is InChI=1S/C23H23N5OS/c29-21(24-13-12-17-14-25-20-9-5-4-8-19(17)20)15-30-23-27-26-22(16-10-11-16)28(23)18-6-2-1-3-7-18/h1-9,14,16,25H,10-13,15H2,(H,24,29). The summed E-state index contributed by atoms with van der Waals surface area (Å²) in [5.41, 5.74) is 3.39. The molecule has 0 radical (unpaired) electrons. The second-order valence-corrected chi connectivity index (χ2v) is 8.48. The maximum Gasteiger partial charge on any atom is 0.230 e. The molecule has 2 N–H and O–H groups in total. The summed E-state index contributed by atoms with van der Waals surface area (Å²) in [5, 5.41) is 13.8. The Morgan fingerprint density at radius 3 is 2.73 bits per heavy atom. The number of para-hydroxylation sites is 2. The van der Waals surface area contributed by atoms with E-state index in [1.807, 2.05) is 36.5 Å². The Kier molecular flexibility index (Phi) is 5.27. The average molecular weight is 418 g/mol. The molecule has 0 spiro atoms. The fourth-order valence-electron chi connectivity index (χ4n) is 3.66. The van der Waals surface area contributed by atoms with E-state index in [2.05, 4.69) is 49.3 Å². The van der Waals surface area contributed by atoms with E-state index in [9.17, 15) is 4.79 Å². The second kappa shape index (κ2) is 8.36. The van der Waals surface area contributed by atoms with Crippen LogP contribution in [0.1, 0.15) is 30.1 Å². The van der Waals surface area contributed by atoms with E-state index in [0.717, 1.165) is 41.4 Å². The Bertz CT molecular complexity index is 1160. The summed E-state index contributed by atoms with van der Waals surface area (Å²) >= 11 is 1.44. The first kappa shape index (κ1) is 18.9. The number of carbonyl (C=O) groups excluding carboxylic acids is 1. The molecule has 2 aromatic heterocycles. The van der Waals surface area contributed by atoms with Gasteiger partial charge in [-0.05, 0) is 43.0 Å². The van der Waals surface area contributed by atoms with Gasteiger partial charge in [0.1, 0.15) is 5.82 Å². The lowest BCUT2D eigenvalue weighted by Crippen LogP contribution is -2.27. The molecule has 1 aliphatic carbocycles. The van der Waals surface area contributed by atoms with E-state index in [4.69, 9.17) is 0 Å². The molecule has 0 unspecified atom stereocenters. The minimum atomic E-state index is 0.00965. The second-order valence-electron chi connectivity index (χ2n) is 7.53. The fourth-order valence-corrected chi connectivity index (χ4v) is 4.45. The molecule has 5 rings (SSSR count). The molecule has 1 fully saturated rings. The summed E-state index contributed by atoms with van der Waals surface area (Å²) in [6, 6.07) is 18.4. The molecule has 0 bridgehead atoms. The number of aromatic nitrogens is 4. The summed E-state index contributed by atoms with van der Waals surface area (Å²) in [7, 11) is 0. The van der Waals surface area contributed by atoms with Crippen LogP contribution >= 0.6 is 11.8 Å². The van der Waals surface area contributed by atoms with Gasteiger partial charge < -0.3 is 10.3 Å². The first-order valence-electron chi connectivity index (χ1n) is 10.2. The summed E-state index contributed by atoms with van der Waals surface area (Å²) in [6.07, 6.45) is 5.13. The van der Waals surface area contributed by atoms with E-state index in [1.165, 1.54) is 22.7 Å². The van der Waals surface area contributed by atoms with Crippen LogP contribution in [0.4, 0.5) is 0 Å². The molecule has 0 saturated heterocycles. The number of fused-ring (bicyclic) bond motifs is 1. The molecule has 7 heteroatoms. The van der Waals surface area contributed by atoms with E-state index in [-0.39, 0.29) is 5.91 Å². The number of aromatic amines is 1. The van der Waals surface area contributed by atoms with Gasteiger partial charge in [0, 0.05) is 35.2 Å². The minimum absolute atomic E-state index is 0.00965. The average Bonchev–Trinajstić information content (AvgIpc) is 3.41. The Hall–Kier alpha value is -3.06. The van der Waals surface area contributed by atoms with Crippen molar-refractivity contribution in [1.29, 1.82) is 0 Å². The summed E-state index contributed by atoms with van der Waals surface area (Å²) < 4.78 is 2.10. The first-order chi connectivity index (χ1) is 14.8. The monoisotopic (exact) mass is 417 g/mol. The van der Waals surface area contributed by atoms with Crippen molar-refractivity contribution in [2.45, 2.75) is 30.3 Å². The van der Waals surface area contributed by atoms with Crippen LogP contribution in [-0.4, -0.2) is 38.0 Å². The number of carbonyl (C=O) groups is 1. The van der Waals surface area contributed by atoms with Gasteiger partial charge in [-0.2, -0.15) is 0 Å². The maximum atomic E-state index is 12.4. The third-order valence-electron chi connectivity index (χ3n) is 5.34. The van der Waals surface area contributed by atoms with Crippen molar-refractivity contribution in [2.24, 2.45) is 0 Å². The number of rotatable bonds is 8. The number of nitrogens with zero attached hydrogens (tertiary/aromatic N) is 3. The van der Waals surface area contributed by atoms with Crippen LogP contribution in [0.3, 0.4) is 0 Å². The van der Waals surface area contributed by atoms with Gasteiger partial charge in [0.05, 0.1) is 5.75 Å². The normalized spacial score (nSPS) is 13.6. The number of amides is 1. The van der Waals surface area contributed by atoms with E-state index >= 15 is 0 Å². The molecular weight excluding hydrogens is 394 g/mol. The van der Waals surface area contributed by atoms with Crippen LogP contribution in [0.2, 0.25) is 0 Å². The molecular formula is C23H23N5OS. The SMILES string of the molecule is O=C(CSc1nnc(C2CC2)n1-c1ccccc1)NCCc1c[nH]c2ccccc12. The van der Waals surface area contributed by atoms with Crippen LogP contribution in [0.5, 0.6) is 0 Å². The van der Waals surface area contributed by atoms with Crippen molar-refractivity contribution >= 4 is 28.6 Å². The van der Waals surface area contributed by atoms with Gasteiger partial charge >= 0.3 is 0 Å². The van der Waals surface area contributed by atoms with Crippen LogP contribution in [0.15, 0.2) is 66.0 Å². The molecule has 0 atom stereocenters. The van der Waals surface area contributed by atoms with E-state index in [0.29, 0.717) is 18.2 Å². The molecule has 1 saturated carbocycles. The van der Waals surface area contributed by atoms with Crippen LogP contribution in [0, 0.1) is 0 Å². The van der Waals surface area contributed by atoms with Gasteiger partial charge in [0.25, 0.3) is 0 Å². The third-order valence-corrected chi connectivity index (χ3v) is 6.27. The predicted octanol–water partition coefficient (Wildman–Crippen LogP) is 4.08. The van der Waals surface area contributed by atoms with E-state index in [1.54, 1.807) is 0 Å². The van der Waals surface area contributed by atoms with Gasteiger partial charge in [-0.1, -0.05) is 48.2 Å². The highest BCUT2D eigenvalue weighted by Gasteiger charge is 2.31. The van der Waals surface area contributed by atoms with Crippen molar-refractivity contribution in [3.63, 3.8) is 0 Å². The number of thioether (sulfide) groups is 1.